The quantitative estimate of drug-likeness (QED) is 0.849. The average molecular weight is 250 g/mol. The molecule has 1 aromatic carbocycles. The van der Waals surface area contributed by atoms with E-state index in [1.807, 2.05) is 6.07 Å². The zero-order valence-electron chi connectivity index (χ0n) is 10.3. The van der Waals surface area contributed by atoms with E-state index in [4.69, 9.17) is 11.6 Å². The van der Waals surface area contributed by atoms with Crippen molar-refractivity contribution in [1.82, 2.24) is 5.32 Å². The Labute approximate surface area is 109 Å². The minimum Gasteiger partial charge on any atom is -0.310 e. The highest BCUT2D eigenvalue weighted by atomic mass is 35.5. The number of hydrogen-bond acceptors (Lipinski definition) is 1. The lowest BCUT2D eigenvalue weighted by Crippen LogP contribution is -2.24. The van der Waals surface area contributed by atoms with Gasteiger partial charge in [-0.2, -0.15) is 0 Å². The van der Waals surface area contributed by atoms with Crippen molar-refractivity contribution in [2.45, 2.75) is 32.2 Å². The second-order valence-corrected chi connectivity index (χ2v) is 5.86. The zero-order valence-corrected chi connectivity index (χ0v) is 11.1. The molecular formula is C15H20ClN. The fraction of sp³-hybridized carbons (Fsp3) is 0.600. The van der Waals surface area contributed by atoms with Gasteiger partial charge in [0.2, 0.25) is 0 Å². The molecule has 1 N–H and O–H groups in total. The standard InChI is InChI=1S/C15H20ClN/c1-2-17-15(10-5-3-6-11(16)9-10)14-12-7-4-8-13(12)14/h3,5-6,9,12-15,17H,2,4,7-8H2,1H3. The van der Waals surface area contributed by atoms with Gasteiger partial charge in [-0.05, 0) is 54.8 Å². The fourth-order valence-electron chi connectivity index (χ4n) is 3.77. The number of halogens is 1. The van der Waals surface area contributed by atoms with Gasteiger partial charge in [0.15, 0.2) is 0 Å². The van der Waals surface area contributed by atoms with Crippen molar-refractivity contribution < 1.29 is 0 Å². The highest BCUT2D eigenvalue weighted by Crippen LogP contribution is 2.62. The van der Waals surface area contributed by atoms with Gasteiger partial charge < -0.3 is 5.32 Å². The summed E-state index contributed by atoms with van der Waals surface area (Å²) in [6.45, 7) is 3.23. The molecule has 0 heterocycles. The van der Waals surface area contributed by atoms with Crippen molar-refractivity contribution in [3.63, 3.8) is 0 Å². The largest absolute Gasteiger partial charge is 0.310 e. The monoisotopic (exact) mass is 249 g/mol. The molecule has 0 radical (unpaired) electrons. The van der Waals surface area contributed by atoms with Crippen molar-refractivity contribution in [3.8, 4) is 0 Å². The van der Waals surface area contributed by atoms with E-state index in [2.05, 4.69) is 30.4 Å². The third-order valence-electron chi connectivity index (χ3n) is 4.49. The van der Waals surface area contributed by atoms with Crippen LogP contribution in [0.1, 0.15) is 37.8 Å². The van der Waals surface area contributed by atoms with Crippen LogP contribution in [0.3, 0.4) is 0 Å². The Balaban J connectivity index is 1.80. The van der Waals surface area contributed by atoms with Crippen LogP contribution in [0.15, 0.2) is 24.3 Å². The summed E-state index contributed by atoms with van der Waals surface area (Å²) in [5.41, 5.74) is 1.37. The van der Waals surface area contributed by atoms with E-state index in [0.29, 0.717) is 6.04 Å². The van der Waals surface area contributed by atoms with Gasteiger partial charge in [-0.1, -0.05) is 37.1 Å². The Kier molecular flexibility index (Phi) is 3.14. The summed E-state index contributed by atoms with van der Waals surface area (Å²) in [6.07, 6.45) is 4.33. The molecule has 3 rings (SSSR count). The topological polar surface area (TPSA) is 12.0 Å². The first-order chi connectivity index (χ1) is 8.31. The highest BCUT2D eigenvalue weighted by molar-refractivity contribution is 6.30. The van der Waals surface area contributed by atoms with E-state index >= 15 is 0 Å². The van der Waals surface area contributed by atoms with Crippen LogP contribution >= 0.6 is 11.6 Å². The highest BCUT2D eigenvalue weighted by Gasteiger charge is 2.55. The molecule has 2 aliphatic carbocycles. The van der Waals surface area contributed by atoms with Crippen molar-refractivity contribution >= 4 is 11.6 Å². The summed E-state index contributed by atoms with van der Waals surface area (Å²) in [5, 5.41) is 4.52. The molecule has 2 fully saturated rings. The molecule has 17 heavy (non-hydrogen) atoms. The summed E-state index contributed by atoms with van der Waals surface area (Å²) in [7, 11) is 0. The van der Waals surface area contributed by atoms with E-state index in [9.17, 15) is 0 Å². The number of rotatable bonds is 4. The fourth-order valence-corrected chi connectivity index (χ4v) is 3.97. The van der Waals surface area contributed by atoms with Gasteiger partial charge >= 0.3 is 0 Å². The van der Waals surface area contributed by atoms with Crippen LogP contribution < -0.4 is 5.32 Å². The van der Waals surface area contributed by atoms with Gasteiger partial charge in [-0.25, -0.2) is 0 Å². The zero-order chi connectivity index (χ0) is 11.8. The number of nitrogens with one attached hydrogen (secondary N) is 1. The van der Waals surface area contributed by atoms with E-state index in [0.717, 1.165) is 29.3 Å². The number of hydrogen-bond donors (Lipinski definition) is 1. The minimum absolute atomic E-state index is 0.522. The molecule has 0 spiro atoms. The molecule has 1 aromatic rings. The molecule has 2 aliphatic rings. The first-order valence-corrected chi connectivity index (χ1v) is 7.18. The molecule has 3 atom stereocenters. The summed E-state index contributed by atoms with van der Waals surface area (Å²) in [5.74, 6) is 2.83. The first kappa shape index (κ1) is 11.6. The molecule has 0 aromatic heterocycles. The summed E-state index contributed by atoms with van der Waals surface area (Å²) < 4.78 is 0. The van der Waals surface area contributed by atoms with E-state index < -0.39 is 0 Å². The average Bonchev–Trinajstić information content (AvgIpc) is 2.79. The maximum Gasteiger partial charge on any atom is 0.0409 e. The molecule has 92 valence electrons. The summed E-state index contributed by atoms with van der Waals surface area (Å²) >= 11 is 6.11. The van der Waals surface area contributed by atoms with E-state index in [1.54, 1.807) is 0 Å². The van der Waals surface area contributed by atoms with Crippen molar-refractivity contribution in [2.24, 2.45) is 17.8 Å². The Hall–Kier alpha value is -0.530. The summed E-state index contributed by atoms with van der Waals surface area (Å²) in [4.78, 5) is 0. The van der Waals surface area contributed by atoms with Gasteiger partial charge in [-0.3, -0.25) is 0 Å². The molecule has 0 amide bonds. The van der Waals surface area contributed by atoms with Crippen molar-refractivity contribution in [3.05, 3.63) is 34.9 Å². The molecule has 0 bridgehead atoms. The molecular weight excluding hydrogens is 230 g/mol. The smallest absolute Gasteiger partial charge is 0.0409 e. The van der Waals surface area contributed by atoms with Gasteiger partial charge in [0.25, 0.3) is 0 Å². The first-order valence-electron chi connectivity index (χ1n) is 6.80. The van der Waals surface area contributed by atoms with Gasteiger partial charge in [0, 0.05) is 11.1 Å². The molecule has 3 unspecified atom stereocenters. The second kappa shape index (κ2) is 4.62. The van der Waals surface area contributed by atoms with Crippen LogP contribution in [0.4, 0.5) is 0 Å². The molecule has 2 saturated carbocycles. The Morgan fingerprint density at radius 2 is 2.12 bits per heavy atom. The van der Waals surface area contributed by atoms with Crippen molar-refractivity contribution in [2.75, 3.05) is 6.54 Å². The third-order valence-corrected chi connectivity index (χ3v) is 4.72. The normalized spacial score (nSPS) is 32.2. The maximum atomic E-state index is 6.11. The lowest BCUT2D eigenvalue weighted by Gasteiger charge is -2.20. The Morgan fingerprint density at radius 3 is 2.76 bits per heavy atom. The SMILES string of the molecule is CCNC(c1cccc(Cl)c1)C1C2CCCC21. The van der Waals surface area contributed by atoms with Crippen LogP contribution in [0.25, 0.3) is 0 Å². The van der Waals surface area contributed by atoms with Gasteiger partial charge in [0.1, 0.15) is 0 Å². The van der Waals surface area contributed by atoms with Crippen LogP contribution in [0.2, 0.25) is 5.02 Å². The van der Waals surface area contributed by atoms with Crippen LogP contribution in [0, 0.1) is 17.8 Å². The Bertz CT molecular complexity index is 394. The second-order valence-electron chi connectivity index (χ2n) is 5.43. The van der Waals surface area contributed by atoms with Crippen molar-refractivity contribution in [1.29, 1.82) is 0 Å². The number of fused-ring (bicyclic) bond motifs is 1. The summed E-state index contributed by atoms with van der Waals surface area (Å²) in [6, 6.07) is 8.90. The minimum atomic E-state index is 0.522. The predicted molar refractivity (Wildman–Crippen MR) is 72.2 cm³/mol. The lowest BCUT2D eigenvalue weighted by atomic mass is 9.97. The molecule has 0 aliphatic heterocycles. The molecule has 0 saturated heterocycles. The number of benzene rings is 1. The van der Waals surface area contributed by atoms with E-state index in [1.165, 1.54) is 24.8 Å². The van der Waals surface area contributed by atoms with Crippen LogP contribution in [-0.4, -0.2) is 6.54 Å². The third kappa shape index (κ3) is 2.11. The van der Waals surface area contributed by atoms with Crippen LogP contribution in [0.5, 0.6) is 0 Å². The lowest BCUT2D eigenvalue weighted by molar-refractivity contribution is 0.426. The van der Waals surface area contributed by atoms with Gasteiger partial charge in [0.05, 0.1) is 0 Å². The van der Waals surface area contributed by atoms with Gasteiger partial charge in [-0.15, -0.1) is 0 Å². The predicted octanol–water partition coefficient (Wildman–Crippen LogP) is 4.04. The molecule has 2 heteroatoms. The molecule has 1 nitrogen and oxygen atoms in total. The Morgan fingerprint density at radius 1 is 1.35 bits per heavy atom. The maximum absolute atomic E-state index is 6.11. The van der Waals surface area contributed by atoms with Crippen LogP contribution in [-0.2, 0) is 0 Å². The van der Waals surface area contributed by atoms with E-state index in [-0.39, 0.29) is 0 Å².